The van der Waals surface area contributed by atoms with E-state index in [2.05, 4.69) is 15.5 Å². The smallest absolute Gasteiger partial charge is 0.237 e. The predicted molar refractivity (Wildman–Crippen MR) is 95.3 cm³/mol. The molecule has 1 atom stereocenters. The summed E-state index contributed by atoms with van der Waals surface area (Å²) in [5.74, 6) is -0.139. The molecule has 0 spiro atoms. The van der Waals surface area contributed by atoms with E-state index in [1.807, 2.05) is 13.8 Å². The number of amides is 2. The summed E-state index contributed by atoms with van der Waals surface area (Å²) in [4.78, 5) is 26.5. The lowest BCUT2D eigenvalue weighted by Crippen LogP contribution is -2.49. The summed E-state index contributed by atoms with van der Waals surface area (Å²) < 4.78 is 12.9. The molecule has 25 heavy (non-hydrogen) atoms. The van der Waals surface area contributed by atoms with E-state index in [9.17, 15) is 14.0 Å². The Labute approximate surface area is 149 Å². The quantitative estimate of drug-likeness (QED) is 0.792. The van der Waals surface area contributed by atoms with Gasteiger partial charge in [0.05, 0.1) is 6.04 Å². The van der Waals surface area contributed by atoms with Crippen molar-refractivity contribution >= 4 is 11.8 Å². The maximum absolute atomic E-state index is 12.9. The third kappa shape index (κ3) is 5.81. The number of piperidine rings is 1. The van der Waals surface area contributed by atoms with Crippen molar-refractivity contribution < 1.29 is 14.0 Å². The van der Waals surface area contributed by atoms with Gasteiger partial charge < -0.3 is 10.6 Å². The van der Waals surface area contributed by atoms with Crippen LogP contribution in [0, 0.1) is 11.7 Å². The van der Waals surface area contributed by atoms with Gasteiger partial charge in [0.15, 0.2) is 0 Å². The van der Waals surface area contributed by atoms with Gasteiger partial charge in [-0.05, 0) is 57.0 Å². The molecule has 0 aliphatic carbocycles. The third-order valence-corrected chi connectivity index (χ3v) is 4.76. The van der Waals surface area contributed by atoms with E-state index in [-0.39, 0.29) is 29.6 Å². The number of nitrogens with one attached hydrogen (secondary N) is 2. The zero-order chi connectivity index (χ0) is 18.2. The number of hydrogen-bond acceptors (Lipinski definition) is 3. The summed E-state index contributed by atoms with van der Waals surface area (Å²) in [5.41, 5.74) is 0.869. The van der Waals surface area contributed by atoms with Crippen LogP contribution in [0.1, 0.15) is 38.7 Å². The van der Waals surface area contributed by atoms with Crippen LogP contribution in [-0.2, 0) is 16.1 Å². The Morgan fingerprint density at radius 2 is 1.84 bits per heavy atom. The molecule has 5 nitrogen and oxygen atoms in total. The predicted octanol–water partition coefficient (Wildman–Crippen LogP) is 2.07. The number of benzene rings is 1. The maximum atomic E-state index is 12.9. The molecule has 0 aromatic heterocycles. The Kier molecular flexibility index (Phi) is 7.37. The highest BCUT2D eigenvalue weighted by Gasteiger charge is 2.29. The Morgan fingerprint density at radius 1 is 1.20 bits per heavy atom. The van der Waals surface area contributed by atoms with E-state index in [4.69, 9.17) is 0 Å². The molecule has 2 rings (SSSR count). The van der Waals surface area contributed by atoms with Crippen LogP contribution in [0.4, 0.5) is 4.39 Å². The summed E-state index contributed by atoms with van der Waals surface area (Å²) in [5, 5.41) is 5.84. The molecule has 0 radical (unpaired) electrons. The number of halogens is 1. The minimum atomic E-state index is -0.283. The number of hydrogen-bond donors (Lipinski definition) is 2. The van der Waals surface area contributed by atoms with Gasteiger partial charge in [-0.25, -0.2) is 4.39 Å². The van der Waals surface area contributed by atoms with Crippen molar-refractivity contribution in [2.24, 2.45) is 5.92 Å². The summed E-state index contributed by atoms with van der Waals surface area (Å²) >= 11 is 0. The van der Waals surface area contributed by atoms with E-state index >= 15 is 0 Å². The topological polar surface area (TPSA) is 61.4 Å². The molecule has 138 valence electrons. The van der Waals surface area contributed by atoms with Crippen LogP contribution in [0.15, 0.2) is 24.3 Å². The Bertz CT molecular complexity index is 569. The number of likely N-dealkylation sites (tertiary alicyclic amines) is 1. The highest BCUT2D eigenvalue weighted by molar-refractivity contribution is 5.81. The molecular weight excluding hydrogens is 321 g/mol. The minimum absolute atomic E-state index is 0.0433. The molecule has 0 saturated carbocycles. The standard InChI is InChI=1S/C19H28FN3O2/c1-3-10-21-19(25)16-8-11-23(12-9-16)14(2)18(24)22-13-15-4-6-17(20)7-5-15/h4-7,14,16H,3,8-13H2,1-2H3,(H,21,25)(H,22,24). The van der Waals surface area contributed by atoms with Crippen molar-refractivity contribution in [3.05, 3.63) is 35.6 Å². The number of rotatable bonds is 7. The molecule has 1 aromatic rings. The average Bonchev–Trinajstić information content (AvgIpc) is 2.65. The largest absolute Gasteiger partial charge is 0.356 e. The monoisotopic (exact) mass is 349 g/mol. The first-order chi connectivity index (χ1) is 12.0. The van der Waals surface area contributed by atoms with Crippen LogP contribution < -0.4 is 10.6 Å². The van der Waals surface area contributed by atoms with Gasteiger partial charge in [0.25, 0.3) is 0 Å². The molecule has 1 heterocycles. The second kappa shape index (κ2) is 9.51. The van der Waals surface area contributed by atoms with Crippen molar-refractivity contribution in [2.75, 3.05) is 19.6 Å². The van der Waals surface area contributed by atoms with Crippen LogP contribution in [0.5, 0.6) is 0 Å². The summed E-state index contributed by atoms with van der Waals surface area (Å²) in [7, 11) is 0. The van der Waals surface area contributed by atoms with Gasteiger partial charge in [-0.3, -0.25) is 14.5 Å². The van der Waals surface area contributed by atoms with Crippen LogP contribution in [0.25, 0.3) is 0 Å². The van der Waals surface area contributed by atoms with E-state index in [0.717, 1.165) is 44.5 Å². The lowest BCUT2D eigenvalue weighted by molar-refractivity contribution is -0.128. The van der Waals surface area contributed by atoms with Gasteiger partial charge in [0.1, 0.15) is 5.82 Å². The number of carbonyl (C=O) groups is 2. The van der Waals surface area contributed by atoms with Gasteiger partial charge in [0, 0.05) is 19.0 Å². The first-order valence-corrected chi connectivity index (χ1v) is 9.05. The van der Waals surface area contributed by atoms with Crippen molar-refractivity contribution in [3.63, 3.8) is 0 Å². The van der Waals surface area contributed by atoms with E-state index in [0.29, 0.717) is 6.54 Å². The highest BCUT2D eigenvalue weighted by atomic mass is 19.1. The molecular formula is C19H28FN3O2. The fraction of sp³-hybridized carbons (Fsp3) is 0.579. The lowest BCUT2D eigenvalue weighted by atomic mass is 9.95. The second-order valence-electron chi connectivity index (χ2n) is 6.62. The molecule has 1 fully saturated rings. The van der Waals surface area contributed by atoms with Crippen molar-refractivity contribution in [1.29, 1.82) is 0 Å². The van der Waals surface area contributed by atoms with E-state index in [1.54, 1.807) is 12.1 Å². The van der Waals surface area contributed by atoms with Gasteiger partial charge in [-0.2, -0.15) is 0 Å². The minimum Gasteiger partial charge on any atom is -0.356 e. The van der Waals surface area contributed by atoms with E-state index < -0.39 is 0 Å². The fourth-order valence-electron chi connectivity index (χ4n) is 3.05. The maximum Gasteiger partial charge on any atom is 0.237 e. The number of nitrogens with zero attached hydrogens (tertiary/aromatic N) is 1. The summed E-state index contributed by atoms with van der Waals surface area (Å²) in [6.07, 6.45) is 2.51. The molecule has 2 amide bonds. The molecule has 1 saturated heterocycles. The van der Waals surface area contributed by atoms with Crippen LogP contribution in [0.2, 0.25) is 0 Å². The highest BCUT2D eigenvalue weighted by Crippen LogP contribution is 2.19. The van der Waals surface area contributed by atoms with Gasteiger partial charge in [0.2, 0.25) is 11.8 Å². The molecule has 1 aromatic carbocycles. The zero-order valence-electron chi connectivity index (χ0n) is 15.1. The lowest BCUT2D eigenvalue weighted by Gasteiger charge is -2.34. The van der Waals surface area contributed by atoms with Crippen LogP contribution >= 0.6 is 0 Å². The molecule has 1 aliphatic heterocycles. The second-order valence-corrected chi connectivity index (χ2v) is 6.62. The van der Waals surface area contributed by atoms with Gasteiger partial charge in [-0.1, -0.05) is 19.1 Å². The van der Waals surface area contributed by atoms with Crippen molar-refractivity contribution in [1.82, 2.24) is 15.5 Å². The van der Waals surface area contributed by atoms with Crippen LogP contribution in [-0.4, -0.2) is 42.4 Å². The summed E-state index contributed by atoms with van der Waals surface area (Å²) in [6.45, 7) is 6.53. The summed E-state index contributed by atoms with van der Waals surface area (Å²) in [6, 6.07) is 5.88. The first-order valence-electron chi connectivity index (χ1n) is 9.05. The van der Waals surface area contributed by atoms with Gasteiger partial charge >= 0.3 is 0 Å². The van der Waals surface area contributed by atoms with Crippen molar-refractivity contribution in [2.45, 2.75) is 45.7 Å². The normalized spacial score (nSPS) is 17.1. The van der Waals surface area contributed by atoms with E-state index in [1.165, 1.54) is 12.1 Å². The molecule has 1 unspecified atom stereocenters. The molecule has 2 N–H and O–H groups in total. The van der Waals surface area contributed by atoms with Crippen molar-refractivity contribution in [3.8, 4) is 0 Å². The zero-order valence-corrected chi connectivity index (χ0v) is 15.1. The molecule has 6 heteroatoms. The fourth-order valence-corrected chi connectivity index (χ4v) is 3.05. The Balaban J connectivity index is 1.75. The first kappa shape index (κ1) is 19.4. The third-order valence-electron chi connectivity index (χ3n) is 4.76. The van der Waals surface area contributed by atoms with Gasteiger partial charge in [-0.15, -0.1) is 0 Å². The SMILES string of the molecule is CCCNC(=O)C1CCN(C(C)C(=O)NCc2ccc(F)cc2)CC1. The van der Waals surface area contributed by atoms with Crippen LogP contribution in [0.3, 0.4) is 0 Å². The average molecular weight is 349 g/mol. The molecule has 1 aliphatic rings. The number of carbonyl (C=O) groups excluding carboxylic acids is 2. The Hall–Kier alpha value is -1.95. The molecule has 0 bridgehead atoms. The Morgan fingerprint density at radius 3 is 2.44 bits per heavy atom.